The number of thioether (sulfide) groups is 1. The van der Waals surface area contributed by atoms with E-state index in [-0.39, 0.29) is 5.82 Å². The third-order valence-corrected chi connectivity index (χ3v) is 6.29. The van der Waals surface area contributed by atoms with Crippen LogP contribution in [0.4, 0.5) is 10.1 Å². The smallest absolute Gasteiger partial charge is 0.148 e. The van der Waals surface area contributed by atoms with E-state index in [0.29, 0.717) is 46.8 Å². The fourth-order valence-corrected chi connectivity index (χ4v) is 3.85. The molecule has 134 valence electrons. The lowest BCUT2D eigenvalue weighted by Gasteiger charge is -2.28. The van der Waals surface area contributed by atoms with Gasteiger partial charge in [-0.1, -0.05) is 17.4 Å². The zero-order valence-corrected chi connectivity index (χ0v) is 16.1. The van der Waals surface area contributed by atoms with Crippen LogP contribution >= 0.6 is 24.0 Å². The lowest BCUT2D eigenvalue weighted by Crippen LogP contribution is -2.38. The highest BCUT2D eigenvalue weighted by molar-refractivity contribution is 8.22. The zero-order chi connectivity index (χ0) is 17.8. The Morgan fingerprint density at radius 3 is 2.88 bits per heavy atom. The predicted octanol–water partition coefficient (Wildman–Crippen LogP) is 1.71. The van der Waals surface area contributed by atoms with Crippen LogP contribution in [0.1, 0.15) is 5.69 Å². The van der Waals surface area contributed by atoms with E-state index in [4.69, 9.17) is 12.2 Å². The molecule has 0 bridgehead atoms. The number of aromatic nitrogens is 3. The molecule has 2 heterocycles. The summed E-state index contributed by atoms with van der Waals surface area (Å²) in [5.41, 5.74) is 1.86. The Kier molecular flexibility index (Phi) is 6.02. The van der Waals surface area contributed by atoms with E-state index in [1.807, 2.05) is 17.2 Å². The maximum absolute atomic E-state index is 14.5. The first kappa shape index (κ1) is 18.3. The number of nitrogens with zero attached hydrogens (tertiary/aromatic N) is 4. The minimum absolute atomic E-state index is 0.316. The molecule has 0 radical (unpaired) electrons. The van der Waals surface area contributed by atoms with Crippen molar-refractivity contribution in [1.82, 2.24) is 20.3 Å². The molecule has 0 unspecified atom stereocenters. The second kappa shape index (κ2) is 8.24. The van der Waals surface area contributed by atoms with Crippen LogP contribution in [0.3, 0.4) is 0 Å². The highest BCUT2D eigenvalue weighted by Gasteiger charge is 2.18. The van der Waals surface area contributed by atoms with Crippen LogP contribution in [0.2, 0.25) is 0 Å². The molecule has 25 heavy (non-hydrogen) atoms. The van der Waals surface area contributed by atoms with Crippen molar-refractivity contribution in [2.75, 3.05) is 35.8 Å². The first-order chi connectivity index (χ1) is 12.1. The average Bonchev–Trinajstić information content (AvgIpc) is 3.09. The molecule has 1 aromatic carbocycles. The highest BCUT2D eigenvalue weighted by Crippen LogP contribution is 2.23. The number of nitrogens with one attached hydrogen (secondary N) is 1. The van der Waals surface area contributed by atoms with Crippen LogP contribution in [0, 0.1) is 5.82 Å². The van der Waals surface area contributed by atoms with E-state index in [2.05, 4.69) is 15.6 Å². The van der Waals surface area contributed by atoms with Crippen LogP contribution in [-0.2, 0) is 17.3 Å². The van der Waals surface area contributed by atoms with Crippen molar-refractivity contribution >= 4 is 44.8 Å². The maximum atomic E-state index is 14.5. The number of thiocarbonyl (C=S) groups is 1. The first-order valence-corrected chi connectivity index (χ1v) is 10.8. The molecule has 1 aromatic heterocycles. The molecule has 0 aliphatic carbocycles. The fraction of sp³-hybridized carbons (Fsp3) is 0.400. The van der Waals surface area contributed by atoms with Crippen LogP contribution < -0.4 is 10.2 Å². The van der Waals surface area contributed by atoms with Crippen LogP contribution in [0.25, 0.3) is 5.69 Å². The summed E-state index contributed by atoms with van der Waals surface area (Å²) in [6, 6.07) is 4.99. The summed E-state index contributed by atoms with van der Waals surface area (Å²) >= 11 is 6.54. The number of rotatable bonds is 4. The zero-order valence-electron chi connectivity index (χ0n) is 13.6. The maximum Gasteiger partial charge on any atom is 0.148 e. The lowest BCUT2D eigenvalue weighted by molar-refractivity contribution is 0.614. The Hall–Kier alpha value is -1.52. The van der Waals surface area contributed by atoms with Crippen molar-refractivity contribution in [3.8, 4) is 5.69 Å². The normalized spacial score (nSPS) is 15.4. The van der Waals surface area contributed by atoms with Gasteiger partial charge in [0.15, 0.2) is 0 Å². The van der Waals surface area contributed by atoms with E-state index >= 15 is 0 Å². The predicted molar refractivity (Wildman–Crippen MR) is 104 cm³/mol. The summed E-state index contributed by atoms with van der Waals surface area (Å²) in [6.07, 6.45) is 3.64. The largest absolute Gasteiger partial charge is 0.367 e. The highest BCUT2D eigenvalue weighted by atomic mass is 32.2. The standard InChI is InChI=1S/C15H18FN5OS3/c1-24-15(23)17-9-11-10-21(19-18-11)12-2-3-14(13(16)8-12)20-4-6-25(22)7-5-20/h2-3,8,10H,4-7,9H2,1H3,(H,17,23). The van der Waals surface area contributed by atoms with Gasteiger partial charge < -0.3 is 10.2 Å². The van der Waals surface area contributed by atoms with E-state index in [0.717, 1.165) is 5.69 Å². The van der Waals surface area contributed by atoms with Gasteiger partial charge in [0.1, 0.15) is 15.8 Å². The molecule has 2 aromatic rings. The fourth-order valence-electron chi connectivity index (χ4n) is 2.51. The van der Waals surface area contributed by atoms with Gasteiger partial charge in [-0.3, -0.25) is 4.21 Å². The molecule has 0 spiro atoms. The molecular weight excluding hydrogens is 381 g/mol. The molecule has 1 aliphatic rings. The second-order valence-electron chi connectivity index (χ2n) is 5.47. The Morgan fingerprint density at radius 2 is 2.20 bits per heavy atom. The Morgan fingerprint density at radius 1 is 1.44 bits per heavy atom. The lowest BCUT2D eigenvalue weighted by atomic mass is 10.2. The minimum Gasteiger partial charge on any atom is -0.367 e. The Bertz CT molecular complexity index is 787. The SMILES string of the molecule is CSC(=S)NCc1cn(-c2ccc(N3CCS(=O)CC3)c(F)c2)nn1. The number of hydrogen-bond acceptors (Lipinski definition) is 6. The van der Waals surface area contributed by atoms with Gasteiger partial charge in [-0.05, 0) is 18.4 Å². The Balaban J connectivity index is 1.71. The van der Waals surface area contributed by atoms with Gasteiger partial charge in [-0.25, -0.2) is 9.07 Å². The van der Waals surface area contributed by atoms with E-state index in [9.17, 15) is 8.60 Å². The molecule has 1 N–H and O–H groups in total. The number of hydrogen-bond donors (Lipinski definition) is 1. The summed E-state index contributed by atoms with van der Waals surface area (Å²) in [7, 11) is -0.782. The van der Waals surface area contributed by atoms with Crippen molar-refractivity contribution in [2.24, 2.45) is 0 Å². The number of anilines is 1. The number of benzene rings is 1. The van der Waals surface area contributed by atoms with Gasteiger partial charge in [0.2, 0.25) is 0 Å². The third kappa shape index (κ3) is 4.56. The van der Waals surface area contributed by atoms with Gasteiger partial charge in [0, 0.05) is 41.5 Å². The third-order valence-electron chi connectivity index (χ3n) is 3.85. The number of halogens is 1. The van der Waals surface area contributed by atoms with E-state index in [1.165, 1.54) is 22.5 Å². The monoisotopic (exact) mass is 399 g/mol. The molecule has 1 fully saturated rings. The molecule has 3 rings (SSSR count). The molecule has 0 amide bonds. The van der Waals surface area contributed by atoms with E-state index in [1.54, 1.807) is 12.3 Å². The van der Waals surface area contributed by atoms with Crippen LogP contribution in [0.5, 0.6) is 0 Å². The van der Waals surface area contributed by atoms with Crippen molar-refractivity contribution in [3.63, 3.8) is 0 Å². The average molecular weight is 400 g/mol. The Labute approximate surface area is 157 Å². The molecular formula is C15H18FN5OS3. The topological polar surface area (TPSA) is 63.1 Å². The van der Waals surface area contributed by atoms with Crippen molar-refractivity contribution in [1.29, 1.82) is 0 Å². The molecule has 0 atom stereocenters. The summed E-state index contributed by atoms with van der Waals surface area (Å²) in [5, 5.41) is 11.2. The summed E-state index contributed by atoms with van der Waals surface area (Å²) in [6.45, 7) is 1.69. The summed E-state index contributed by atoms with van der Waals surface area (Å²) in [4.78, 5) is 1.93. The van der Waals surface area contributed by atoms with Gasteiger partial charge in [-0.2, -0.15) is 0 Å². The van der Waals surface area contributed by atoms with Crippen molar-refractivity contribution < 1.29 is 8.60 Å². The van der Waals surface area contributed by atoms with Crippen molar-refractivity contribution in [2.45, 2.75) is 6.54 Å². The van der Waals surface area contributed by atoms with E-state index < -0.39 is 10.8 Å². The van der Waals surface area contributed by atoms with Gasteiger partial charge in [0.05, 0.1) is 24.1 Å². The minimum atomic E-state index is -0.782. The molecule has 10 heteroatoms. The molecule has 0 saturated carbocycles. The summed E-state index contributed by atoms with van der Waals surface area (Å²) in [5.74, 6) is 0.848. The van der Waals surface area contributed by atoms with Gasteiger partial charge in [-0.15, -0.1) is 16.9 Å². The van der Waals surface area contributed by atoms with Crippen LogP contribution in [0.15, 0.2) is 24.4 Å². The van der Waals surface area contributed by atoms with Gasteiger partial charge >= 0.3 is 0 Å². The summed E-state index contributed by atoms with van der Waals surface area (Å²) < 4.78 is 28.2. The first-order valence-electron chi connectivity index (χ1n) is 7.69. The molecule has 1 aliphatic heterocycles. The second-order valence-corrected chi connectivity index (χ2v) is 8.65. The quantitative estimate of drug-likeness (QED) is 0.786. The van der Waals surface area contributed by atoms with Crippen molar-refractivity contribution in [3.05, 3.63) is 35.9 Å². The van der Waals surface area contributed by atoms with Gasteiger partial charge in [0.25, 0.3) is 0 Å². The molecule has 1 saturated heterocycles. The van der Waals surface area contributed by atoms with Crippen LogP contribution in [-0.4, -0.2) is 54.4 Å². The molecule has 6 nitrogen and oxygen atoms in total.